The zero-order chi connectivity index (χ0) is 13.9. The quantitative estimate of drug-likeness (QED) is 0.790. The molecular formula is C16H15ClN2O. The second-order valence-corrected chi connectivity index (χ2v) is 5.03. The number of likely N-dealkylation sites (N-methyl/N-ethyl adjacent to an activating group) is 1. The molecule has 0 unspecified atom stereocenters. The summed E-state index contributed by atoms with van der Waals surface area (Å²) in [6.45, 7) is 0.915. The first-order valence-corrected chi connectivity index (χ1v) is 6.95. The molecule has 0 aliphatic carbocycles. The Labute approximate surface area is 122 Å². The lowest BCUT2D eigenvalue weighted by Crippen LogP contribution is -2.10. The van der Waals surface area contributed by atoms with Gasteiger partial charge in [0.05, 0.1) is 5.02 Å². The molecule has 0 aliphatic rings. The fraction of sp³-hybridized carbons (Fsp3) is 0.188. The van der Waals surface area contributed by atoms with Crippen LogP contribution >= 0.6 is 11.6 Å². The average Bonchev–Trinajstić information content (AvgIpc) is 2.91. The van der Waals surface area contributed by atoms with Crippen molar-refractivity contribution in [3.8, 4) is 11.5 Å². The van der Waals surface area contributed by atoms with E-state index in [0.717, 1.165) is 24.0 Å². The lowest BCUT2D eigenvalue weighted by atomic mass is 10.0. The van der Waals surface area contributed by atoms with Crippen LogP contribution in [0.4, 0.5) is 0 Å². The molecule has 1 heterocycles. The van der Waals surface area contributed by atoms with Crippen LogP contribution in [-0.2, 0) is 6.42 Å². The van der Waals surface area contributed by atoms with Crippen LogP contribution in [0.5, 0.6) is 0 Å². The summed E-state index contributed by atoms with van der Waals surface area (Å²) < 4.78 is 5.84. The van der Waals surface area contributed by atoms with Crippen LogP contribution in [0.15, 0.2) is 46.9 Å². The molecule has 1 N–H and O–H groups in total. The Morgan fingerprint density at radius 3 is 2.80 bits per heavy atom. The third kappa shape index (κ3) is 2.42. The monoisotopic (exact) mass is 286 g/mol. The largest absolute Gasteiger partial charge is 0.435 e. The van der Waals surface area contributed by atoms with Gasteiger partial charge in [0.15, 0.2) is 5.58 Å². The van der Waals surface area contributed by atoms with Crippen molar-refractivity contribution in [2.75, 3.05) is 13.6 Å². The predicted octanol–water partition coefficient (Wildman–Crippen LogP) is 3.91. The Balaban J connectivity index is 2.08. The smallest absolute Gasteiger partial charge is 0.227 e. The zero-order valence-electron chi connectivity index (χ0n) is 11.2. The highest BCUT2D eigenvalue weighted by Crippen LogP contribution is 2.30. The van der Waals surface area contributed by atoms with E-state index < -0.39 is 0 Å². The molecule has 0 amide bonds. The molecule has 4 heteroatoms. The molecule has 0 aliphatic heterocycles. The number of halogens is 1. The summed E-state index contributed by atoms with van der Waals surface area (Å²) >= 11 is 6.14. The highest BCUT2D eigenvalue weighted by Gasteiger charge is 2.13. The van der Waals surface area contributed by atoms with Crippen LogP contribution in [-0.4, -0.2) is 18.6 Å². The summed E-state index contributed by atoms with van der Waals surface area (Å²) in [4.78, 5) is 4.54. The molecule has 0 saturated carbocycles. The van der Waals surface area contributed by atoms with Gasteiger partial charge in [0, 0.05) is 5.56 Å². The molecule has 3 rings (SSSR count). The summed E-state index contributed by atoms with van der Waals surface area (Å²) in [5.74, 6) is 0.625. The van der Waals surface area contributed by atoms with E-state index in [1.54, 1.807) is 0 Å². The van der Waals surface area contributed by atoms with E-state index in [1.807, 2.05) is 43.4 Å². The first-order valence-electron chi connectivity index (χ1n) is 6.57. The highest BCUT2D eigenvalue weighted by molar-refractivity contribution is 6.34. The van der Waals surface area contributed by atoms with E-state index in [-0.39, 0.29) is 0 Å². The number of benzene rings is 2. The fourth-order valence-electron chi connectivity index (χ4n) is 2.24. The molecule has 20 heavy (non-hydrogen) atoms. The van der Waals surface area contributed by atoms with Gasteiger partial charge in [-0.15, -0.1) is 0 Å². The summed E-state index contributed by atoms with van der Waals surface area (Å²) in [6, 6.07) is 13.8. The van der Waals surface area contributed by atoms with Crippen molar-refractivity contribution in [3.05, 3.63) is 53.1 Å². The highest BCUT2D eigenvalue weighted by atomic mass is 35.5. The van der Waals surface area contributed by atoms with Crippen molar-refractivity contribution in [1.29, 1.82) is 0 Å². The third-order valence-electron chi connectivity index (χ3n) is 3.26. The molecule has 0 bridgehead atoms. The molecule has 3 aromatic rings. The molecular weight excluding hydrogens is 272 g/mol. The molecule has 2 aromatic carbocycles. The molecule has 3 nitrogen and oxygen atoms in total. The maximum Gasteiger partial charge on any atom is 0.227 e. The number of oxazole rings is 1. The number of nitrogens with one attached hydrogen (secondary N) is 1. The summed E-state index contributed by atoms with van der Waals surface area (Å²) in [5.41, 5.74) is 3.67. The van der Waals surface area contributed by atoms with Crippen LogP contribution in [0.2, 0.25) is 5.02 Å². The molecule has 0 radical (unpaired) electrons. The summed E-state index contributed by atoms with van der Waals surface area (Å²) in [6.07, 6.45) is 0.930. The van der Waals surface area contributed by atoms with Gasteiger partial charge in [-0.3, -0.25) is 0 Å². The van der Waals surface area contributed by atoms with Crippen molar-refractivity contribution in [2.24, 2.45) is 0 Å². The van der Waals surface area contributed by atoms with E-state index in [1.165, 1.54) is 5.56 Å². The van der Waals surface area contributed by atoms with E-state index >= 15 is 0 Å². The number of hydrogen-bond acceptors (Lipinski definition) is 3. The van der Waals surface area contributed by atoms with E-state index in [9.17, 15) is 0 Å². The van der Waals surface area contributed by atoms with Gasteiger partial charge in [0.2, 0.25) is 5.89 Å². The second kappa shape index (κ2) is 5.65. The summed E-state index contributed by atoms with van der Waals surface area (Å²) in [7, 11) is 1.95. The minimum absolute atomic E-state index is 0.592. The fourth-order valence-corrected chi connectivity index (χ4v) is 2.45. The van der Waals surface area contributed by atoms with Crippen LogP contribution < -0.4 is 5.32 Å². The number of rotatable bonds is 4. The number of nitrogens with zero attached hydrogens (tertiary/aromatic N) is 1. The van der Waals surface area contributed by atoms with Gasteiger partial charge in [-0.25, -0.2) is 4.98 Å². The summed E-state index contributed by atoms with van der Waals surface area (Å²) in [5, 5.41) is 3.75. The first kappa shape index (κ1) is 13.2. The van der Waals surface area contributed by atoms with Gasteiger partial charge in [0.25, 0.3) is 0 Å². The number of aromatic nitrogens is 1. The minimum atomic E-state index is 0.592. The van der Waals surface area contributed by atoms with Crippen molar-refractivity contribution in [2.45, 2.75) is 6.42 Å². The Morgan fingerprint density at radius 1 is 1.15 bits per heavy atom. The van der Waals surface area contributed by atoms with Gasteiger partial charge in [-0.2, -0.15) is 0 Å². The van der Waals surface area contributed by atoms with Crippen LogP contribution in [0, 0.1) is 0 Å². The van der Waals surface area contributed by atoms with Gasteiger partial charge in [0.1, 0.15) is 5.52 Å². The Morgan fingerprint density at radius 2 is 2.00 bits per heavy atom. The van der Waals surface area contributed by atoms with Gasteiger partial charge in [-0.05, 0) is 43.8 Å². The lowest BCUT2D eigenvalue weighted by molar-refractivity contribution is 0.618. The third-order valence-corrected chi connectivity index (χ3v) is 3.56. The van der Waals surface area contributed by atoms with Crippen LogP contribution in [0.1, 0.15) is 5.56 Å². The second-order valence-electron chi connectivity index (χ2n) is 4.62. The Kier molecular flexibility index (Phi) is 3.72. The number of para-hydroxylation sites is 1. The van der Waals surface area contributed by atoms with Gasteiger partial charge in [-0.1, -0.05) is 35.9 Å². The number of fused-ring (bicyclic) bond motifs is 1. The SMILES string of the molecule is CNCCc1ccccc1-c1nc2cccc(Cl)c2o1. The average molecular weight is 287 g/mol. The molecule has 1 aromatic heterocycles. The number of hydrogen-bond donors (Lipinski definition) is 1. The standard InChI is InChI=1S/C16H15ClN2O/c1-18-10-9-11-5-2-3-6-12(11)16-19-14-8-4-7-13(17)15(14)20-16/h2-8,18H,9-10H2,1H3. The van der Waals surface area contributed by atoms with E-state index in [4.69, 9.17) is 16.0 Å². The lowest BCUT2D eigenvalue weighted by Gasteiger charge is -2.05. The molecule has 0 fully saturated rings. The van der Waals surface area contributed by atoms with Gasteiger partial charge < -0.3 is 9.73 Å². The maximum absolute atomic E-state index is 6.14. The normalized spacial score (nSPS) is 11.1. The molecule has 0 spiro atoms. The molecule has 0 saturated heterocycles. The van der Waals surface area contributed by atoms with E-state index in [0.29, 0.717) is 16.5 Å². The van der Waals surface area contributed by atoms with Crippen molar-refractivity contribution >= 4 is 22.7 Å². The van der Waals surface area contributed by atoms with Crippen molar-refractivity contribution < 1.29 is 4.42 Å². The maximum atomic E-state index is 6.14. The Bertz CT molecular complexity index is 736. The topological polar surface area (TPSA) is 38.1 Å². The predicted molar refractivity (Wildman–Crippen MR) is 82.1 cm³/mol. The zero-order valence-corrected chi connectivity index (χ0v) is 11.9. The van der Waals surface area contributed by atoms with E-state index in [2.05, 4.69) is 16.4 Å². The van der Waals surface area contributed by atoms with Crippen LogP contribution in [0.3, 0.4) is 0 Å². The minimum Gasteiger partial charge on any atom is -0.435 e. The van der Waals surface area contributed by atoms with Crippen LogP contribution in [0.25, 0.3) is 22.6 Å². The van der Waals surface area contributed by atoms with Crippen molar-refractivity contribution in [1.82, 2.24) is 10.3 Å². The van der Waals surface area contributed by atoms with Gasteiger partial charge >= 0.3 is 0 Å². The first-order chi connectivity index (χ1) is 9.79. The molecule has 0 atom stereocenters. The van der Waals surface area contributed by atoms with Crippen molar-refractivity contribution in [3.63, 3.8) is 0 Å². The molecule has 102 valence electrons. The Hall–Kier alpha value is -1.84.